The van der Waals surface area contributed by atoms with Crippen molar-refractivity contribution in [2.45, 2.75) is 11.4 Å². The second kappa shape index (κ2) is 6.48. The van der Waals surface area contributed by atoms with Crippen molar-refractivity contribution in [1.29, 1.82) is 0 Å². The van der Waals surface area contributed by atoms with E-state index < -0.39 is 10.0 Å². The highest BCUT2D eigenvalue weighted by molar-refractivity contribution is 7.89. The SMILES string of the molecule is C=CCN(CC=C)S(=O)(=O)c1cnn(CCO)c1. The Kier molecular flexibility index (Phi) is 5.26. The molecule has 0 radical (unpaired) electrons. The molecule has 0 amide bonds. The zero-order valence-corrected chi connectivity index (χ0v) is 10.9. The fourth-order valence-corrected chi connectivity index (χ4v) is 2.75. The van der Waals surface area contributed by atoms with E-state index in [2.05, 4.69) is 18.3 Å². The first-order chi connectivity index (χ1) is 8.56. The number of aliphatic hydroxyl groups excluding tert-OH is 1. The molecule has 1 aromatic heterocycles. The van der Waals surface area contributed by atoms with Crippen LogP contribution in [0.25, 0.3) is 0 Å². The summed E-state index contributed by atoms with van der Waals surface area (Å²) in [6.45, 7) is 7.65. The van der Waals surface area contributed by atoms with Crippen LogP contribution in [-0.4, -0.2) is 47.3 Å². The average Bonchev–Trinajstić information content (AvgIpc) is 2.78. The molecule has 0 aromatic carbocycles. The molecule has 0 atom stereocenters. The summed E-state index contributed by atoms with van der Waals surface area (Å²) in [5, 5.41) is 12.6. The zero-order chi connectivity index (χ0) is 13.6. The molecule has 0 saturated carbocycles. The molecule has 1 aromatic rings. The van der Waals surface area contributed by atoms with Gasteiger partial charge in [-0.25, -0.2) is 8.42 Å². The fraction of sp³-hybridized carbons (Fsp3) is 0.364. The Hall–Kier alpha value is -1.44. The number of sulfonamides is 1. The molecule has 1 rings (SSSR count). The van der Waals surface area contributed by atoms with Crippen LogP contribution in [0.2, 0.25) is 0 Å². The van der Waals surface area contributed by atoms with Crippen LogP contribution in [0.15, 0.2) is 42.6 Å². The van der Waals surface area contributed by atoms with Crippen molar-refractivity contribution >= 4 is 10.0 Å². The van der Waals surface area contributed by atoms with Crippen LogP contribution < -0.4 is 0 Å². The minimum Gasteiger partial charge on any atom is -0.394 e. The average molecular weight is 271 g/mol. The van der Waals surface area contributed by atoms with E-state index in [4.69, 9.17) is 5.11 Å². The number of aromatic nitrogens is 2. The summed E-state index contributed by atoms with van der Waals surface area (Å²) in [7, 11) is -3.60. The molecule has 0 aliphatic carbocycles. The van der Waals surface area contributed by atoms with Gasteiger partial charge >= 0.3 is 0 Å². The summed E-state index contributed by atoms with van der Waals surface area (Å²) in [6.07, 6.45) is 5.69. The number of hydrogen-bond acceptors (Lipinski definition) is 4. The first-order valence-corrected chi connectivity index (χ1v) is 6.85. The van der Waals surface area contributed by atoms with E-state index in [-0.39, 0.29) is 31.1 Å². The lowest BCUT2D eigenvalue weighted by atomic mass is 10.5. The van der Waals surface area contributed by atoms with E-state index in [1.165, 1.54) is 33.5 Å². The van der Waals surface area contributed by atoms with E-state index in [1.54, 1.807) is 0 Å². The fourth-order valence-electron chi connectivity index (χ4n) is 1.41. The lowest BCUT2D eigenvalue weighted by Crippen LogP contribution is -2.31. The number of nitrogens with zero attached hydrogens (tertiary/aromatic N) is 3. The Labute approximate surface area is 107 Å². The highest BCUT2D eigenvalue weighted by Crippen LogP contribution is 2.14. The summed E-state index contributed by atoms with van der Waals surface area (Å²) < 4.78 is 27.1. The molecular weight excluding hydrogens is 254 g/mol. The van der Waals surface area contributed by atoms with Gasteiger partial charge in [-0.1, -0.05) is 12.2 Å². The summed E-state index contributed by atoms with van der Waals surface area (Å²) in [5.74, 6) is 0. The third-order valence-corrected chi connectivity index (χ3v) is 4.03. The summed E-state index contributed by atoms with van der Waals surface area (Å²) >= 11 is 0. The minimum absolute atomic E-state index is 0.0931. The first-order valence-electron chi connectivity index (χ1n) is 5.41. The van der Waals surface area contributed by atoms with Gasteiger partial charge in [0.25, 0.3) is 0 Å². The van der Waals surface area contributed by atoms with E-state index in [0.717, 1.165) is 0 Å². The van der Waals surface area contributed by atoms with Crippen LogP contribution in [0.4, 0.5) is 0 Å². The van der Waals surface area contributed by atoms with Gasteiger partial charge < -0.3 is 5.11 Å². The molecule has 1 N–H and O–H groups in total. The first kappa shape index (κ1) is 14.6. The number of aliphatic hydroxyl groups is 1. The maximum atomic E-state index is 12.2. The van der Waals surface area contributed by atoms with E-state index >= 15 is 0 Å². The molecule has 0 unspecified atom stereocenters. The third kappa shape index (κ3) is 3.28. The summed E-state index contributed by atoms with van der Waals surface area (Å²) in [5.41, 5.74) is 0. The third-order valence-electron chi connectivity index (χ3n) is 2.24. The van der Waals surface area contributed by atoms with Gasteiger partial charge in [0.1, 0.15) is 4.90 Å². The van der Waals surface area contributed by atoms with Crippen molar-refractivity contribution in [2.24, 2.45) is 0 Å². The molecule has 0 spiro atoms. The maximum absolute atomic E-state index is 12.2. The Morgan fingerprint density at radius 1 is 1.39 bits per heavy atom. The quantitative estimate of drug-likeness (QED) is 0.687. The van der Waals surface area contributed by atoms with E-state index in [1.807, 2.05) is 0 Å². The predicted molar refractivity (Wildman–Crippen MR) is 68.5 cm³/mol. The van der Waals surface area contributed by atoms with Crippen molar-refractivity contribution in [3.05, 3.63) is 37.7 Å². The monoisotopic (exact) mass is 271 g/mol. The molecule has 18 heavy (non-hydrogen) atoms. The topological polar surface area (TPSA) is 75.4 Å². The lowest BCUT2D eigenvalue weighted by molar-refractivity contribution is 0.269. The van der Waals surface area contributed by atoms with Crippen LogP contribution in [0.1, 0.15) is 0 Å². The zero-order valence-electron chi connectivity index (χ0n) is 10.1. The van der Waals surface area contributed by atoms with Crippen LogP contribution in [0.5, 0.6) is 0 Å². The molecule has 7 heteroatoms. The Morgan fingerprint density at radius 3 is 2.50 bits per heavy atom. The highest BCUT2D eigenvalue weighted by Gasteiger charge is 2.23. The van der Waals surface area contributed by atoms with Gasteiger partial charge in [0, 0.05) is 19.3 Å². The van der Waals surface area contributed by atoms with Crippen molar-refractivity contribution in [3.8, 4) is 0 Å². The maximum Gasteiger partial charge on any atom is 0.246 e. The normalized spacial score (nSPS) is 11.7. The second-order valence-electron chi connectivity index (χ2n) is 3.56. The van der Waals surface area contributed by atoms with Gasteiger partial charge in [-0.2, -0.15) is 9.40 Å². The van der Waals surface area contributed by atoms with Crippen molar-refractivity contribution in [1.82, 2.24) is 14.1 Å². The number of rotatable bonds is 8. The molecule has 0 aliphatic rings. The Bertz CT molecular complexity index is 497. The smallest absolute Gasteiger partial charge is 0.246 e. The van der Waals surface area contributed by atoms with Crippen molar-refractivity contribution < 1.29 is 13.5 Å². The molecule has 0 bridgehead atoms. The van der Waals surface area contributed by atoms with Crippen molar-refractivity contribution in [3.63, 3.8) is 0 Å². The molecule has 100 valence electrons. The van der Waals surface area contributed by atoms with Crippen molar-refractivity contribution in [2.75, 3.05) is 19.7 Å². The molecular formula is C11H17N3O3S. The van der Waals surface area contributed by atoms with E-state index in [0.29, 0.717) is 0 Å². The molecule has 6 nitrogen and oxygen atoms in total. The van der Waals surface area contributed by atoms with Crippen LogP contribution in [-0.2, 0) is 16.6 Å². The summed E-state index contributed by atoms with van der Waals surface area (Å²) in [4.78, 5) is 0.0969. The van der Waals surface area contributed by atoms with Crippen LogP contribution >= 0.6 is 0 Å². The second-order valence-corrected chi connectivity index (χ2v) is 5.50. The van der Waals surface area contributed by atoms with Gasteiger partial charge in [0.15, 0.2) is 0 Å². The van der Waals surface area contributed by atoms with Gasteiger partial charge in [0.2, 0.25) is 10.0 Å². The molecule has 0 saturated heterocycles. The largest absolute Gasteiger partial charge is 0.394 e. The molecule has 1 heterocycles. The molecule has 0 fully saturated rings. The van der Waals surface area contributed by atoms with E-state index in [9.17, 15) is 8.42 Å². The predicted octanol–water partition coefficient (Wildman–Crippen LogP) is 0.238. The number of hydrogen-bond donors (Lipinski definition) is 1. The van der Waals surface area contributed by atoms with Gasteiger partial charge in [-0.15, -0.1) is 13.2 Å². The highest BCUT2D eigenvalue weighted by atomic mass is 32.2. The van der Waals surface area contributed by atoms with Crippen LogP contribution in [0, 0.1) is 0 Å². The molecule has 0 aliphatic heterocycles. The Balaban J connectivity index is 3.01. The van der Waals surface area contributed by atoms with Gasteiger partial charge in [-0.3, -0.25) is 4.68 Å². The minimum atomic E-state index is -3.60. The van der Waals surface area contributed by atoms with Gasteiger partial charge in [-0.05, 0) is 0 Å². The van der Waals surface area contributed by atoms with Crippen LogP contribution in [0.3, 0.4) is 0 Å². The lowest BCUT2D eigenvalue weighted by Gasteiger charge is -2.17. The standard InChI is InChI=1S/C11H17N3O3S/c1-3-5-14(6-4-2)18(16,17)11-9-12-13(10-11)7-8-15/h3-4,9-10,15H,1-2,5-8H2. The van der Waals surface area contributed by atoms with Gasteiger partial charge in [0.05, 0.1) is 19.3 Å². The Morgan fingerprint density at radius 2 is 2.00 bits per heavy atom. The summed E-state index contributed by atoms with van der Waals surface area (Å²) in [6, 6.07) is 0.